The van der Waals surface area contributed by atoms with E-state index in [1.807, 2.05) is 25.1 Å². The summed E-state index contributed by atoms with van der Waals surface area (Å²) in [5.74, 6) is -0.578. The Kier molecular flexibility index (Phi) is 3.86. The Bertz CT molecular complexity index is 857. The van der Waals surface area contributed by atoms with Gasteiger partial charge >= 0.3 is 0 Å². The lowest BCUT2D eigenvalue weighted by Crippen LogP contribution is -2.24. The molecule has 2 aromatic carbocycles. The molecule has 0 fully saturated rings. The number of halogens is 2. The average Bonchev–Trinajstić information content (AvgIpc) is 2.82. The smallest absolute Gasteiger partial charge is 0.268 e. The zero-order valence-corrected chi connectivity index (χ0v) is 12.7. The lowest BCUT2D eigenvalue weighted by molar-refractivity contribution is 0.0946. The fraction of sp³-hybridized carbons (Fsp3) is 0.118. The zero-order valence-electron chi connectivity index (χ0n) is 11.9. The van der Waals surface area contributed by atoms with Crippen LogP contribution in [-0.4, -0.2) is 10.9 Å². The van der Waals surface area contributed by atoms with E-state index in [0.29, 0.717) is 22.8 Å². The maximum absolute atomic E-state index is 13.3. The number of rotatable bonds is 3. The molecule has 0 bridgehead atoms. The molecule has 0 unspecified atom stereocenters. The highest BCUT2D eigenvalue weighted by molar-refractivity contribution is 6.31. The molecule has 0 aliphatic carbocycles. The monoisotopic (exact) mass is 316 g/mol. The van der Waals surface area contributed by atoms with Crippen LogP contribution in [0, 0.1) is 12.7 Å². The van der Waals surface area contributed by atoms with Crippen LogP contribution in [0.2, 0.25) is 5.02 Å². The lowest BCUT2D eigenvalue weighted by Gasteiger charge is -2.06. The topological polar surface area (TPSA) is 44.9 Å². The number of benzene rings is 2. The minimum atomic E-state index is -0.336. The second-order valence-corrected chi connectivity index (χ2v) is 5.50. The third-order valence-corrected chi connectivity index (χ3v) is 4.01. The molecule has 0 saturated carbocycles. The van der Waals surface area contributed by atoms with Crippen molar-refractivity contribution < 1.29 is 9.18 Å². The molecular weight excluding hydrogens is 303 g/mol. The molecule has 1 heterocycles. The maximum Gasteiger partial charge on any atom is 0.268 e. The molecule has 2 N–H and O–H groups in total. The summed E-state index contributed by atoms with van der Waals surface area (Å²) in [6.45, 7) is 2.17. The molecule has 0 atom stereocenters. The minimum absolute atomic E-state index is 0.242. The molecule has 3 rings (SSSR count). The van der Waals surface area contributed by atoms with Crippen molar-refractivity contribution >= 4 is 28.4 Å². The molecule has 112 valence electrons. The van der Waals surface area contributed by atoms with Gasteiger partial charge in [-0.2, -0.15) is 0 Å². The Hall–Kier alpha value is -2.33. The molecule has 3 nitrogen and oxygen atoms in total. The Morgan fingerprint density at radius 1 is 1.27 bits per heavy atom. The van der Waals surface area contributed by atoms with Crippen LogP contribution in [0.25, 0.3) is 10.9 Å². The summed E-state index contributed by atoms with van der Waals surface area (Å²) in [4.78, 5) is 15.3. The van der Waals surface area contributed by atoms with E-state index >= 15 is 0 Å². The van der Waals surface area contributed by atoms with Gasteiger partial charge in [0, 0.05) is 22.5 Å². The van der Waals surface area contributed by atoms with E-state index in [1.54, 1.807) is 12.1 Å². The molecule has 3 aromatic rings. The Balaban J connectivity index is 1.83. The summed E-state index contributed by atoms with van der Waals surface area (Å²) in [6.07, 6.45) is 0. The summed E-state index contributed by atoms with van der Waals surface area (Å²) in [5.41, 5.74) is 2.69. The number of amides is 1. The number of aromatic nitrogens is 1. The van der Waals surface area contributed by atoms with E-state index in [1.165, 1.54) is 12.1 Å². The molecule has 0 aliphatic rings. The Morgan fingerprint density at radius 3 is 2.82 bits per heavy atom. The van der Waals surface area contributed by atoms with Gasteiger partial charge in [-0.3, -0.25) is 4.79 Å². The fourth-order valence-electron chi connectivity index (χ4n) is 2.44. The SMILES string of the molecule is Cc1c(C(=O)NCc2ccccc2Cl)[nH]c2cc(F)ccc12. The fourth-order valence-corrected chi connectivity index (χ4v) is 2.65. The number of hydrogen-bond acceptors (Lipinski definition) is 1. The number of H-pyrrole nitrogens is 1. The molecule has 0 spiro atoms. The predicted molar refractivity (Wildman–Crippen MR) is 85.6 cm³/mol. The quantitative estimate of drug-likeness (QED) is 0.747. The van der Waals surface area contributed by atoms with Crippen LogP contribution >= 0.6 is 11.6 Å². The predicted octanol–water partition coefficient (Wildman–Crippen LogP) is 4.20. The van der Waals surface area contributed by atoms with Gasteiger partial charge in [-0.15, -0.1) is 0 Å². The number of fused-ring (bicyclic) bond motifs is 1. The number of carbonyl (C=O) groups excluding carboxylic acids is 1. The normalized spacial score (nSPS) is 10.9. The van der Waals surface area contributed by atoms with Crippen LogP contribution < -0.4 is 5.32 Å². The highest BCUT2D eigenvalue weighted by atomic mass is 35.5. The molecule has 5 heteroatoms. The van der Waals surface area contributed by atoms with Gasteiger partial charge in [0.2, 0.25) is 0 Å². The van der Waals surface area contributed by atoms with Crippen molar-refractivity contribution in [2.24, 2.45) is 0 Å². The summed E-state index contributed by atoms with van der Waals surface area (Å²) in [7, 11) is 0. The van der Waals surface area contributed by atoms with Gasteiger partial charge in [-0.05, 0) is 42.3 Å². The van der Waals surface area contributed by atoms with Gasteiger partial charge in [-0.25, -0.2) is 4.39 Å². The van der Waals surface area contributed by atoms with Crippen molar-refractivity contribution in [2.45, 2.75) is 13.5 Å². The van der Waals surface area contributed by atoms with E-state index in [4.69, 9.17) is 11.6 Å². The molecule has 1 amide bonds. The minimum Gasteiger partial charge on any atom is -0.350 e. The number of nitrogens with one attached hydrogen (secondary N) is 2. The van der Waals surface area contributed by atoms with Crippen molar-refractivity contribution in [1.82, 2.24) is 10.3 Å². The van der Waals surface area contributed by atoms with Crippen molar-refractivity contribution in [2.75, 3.05) is 0 Å². The molecule has 0 saturated heterocycles. The van der Waals surface area contributed by atoms with Crippen molar-refractivity contribution in [3.63, 3.8) is 0 Å². The van der Waals surface area contributed by atoms with Gasteiger partial charge in [0.25, 0.3) is 5.91 Å². The first-order valence-corrected chi connectivity index (χ1v) is 7.23. The van der Waals surface area contributed by atoms with Crippen LogP contribution in [0.5, 0.6) is 0 Å². The van der Waals surface area contributed by atoms with E-state index in [-0.39, 0.29) is 11.7 Å². The number of carbonyl (C=O) groups is 1. The van der Waals surface area contributed by atoms with E-state index in [2.05, 4.69) is 10.3 Å². The highest BCUT2D eigenvalue weighted by Gasteiger charge is 2.15. The number of hydrogen-bond donors (Lipinski definition) is 2. The second-order valence-electron chi connectivity index (χ2n) is 5.09. The summed E-state index contributed by atoms with van der Waals surface area (Å²) in [5, 5.41) is 4.27. The van der Waals surface area contributed by atoms with Crippen LogP contribution in [-0.2, 0) is 6.54 Å². The van der Waals surface area contributed by atoms with Gasteiger partial charge in [0.15, 0.2) is 0 Å². The van der Waals surface area contributed by atoms with Gasteiger partial charge < -0.3 is 10.3 Å². The van der Waals surface area contributed by atoms with Gasteiger partial charge in [-0.1, -0.05) is 29.8 Å². The van der Waals surface area contributed by atoms with Gasteiger partial charge in [0.1, 0.15) is 11.5 Å². The number of aromatic amines is 1. The summed E-state index contributed by atoms with van der Waals surface area (Å²) < 4.78 is 13.3. The molecule has 0 radical (unpaired) electrons. The lowest BCUT2D eigenvalue weighted by atomic mass is 10.1. The van der Waals surface area contributed by atoms with E-state index < -0.39 is 0 Å². The van der Waals surface area contributed by atoms with E-state index in [0.717, 1.165) is 16.5 Å². The molecule has 0 aliphatic heterocycles. The van der Waals surface area contributed by atoms with Crippen molar-refractivity contribution in [3.8, 4) is 0 Å². The van der Waals surface area contributed by atoms with Crippen LogP contribution in [0.1, 0.15) is 21.6 Å². The highest BCUT2D eigenvalue weighted by Crippen LogP contribution is 2.22. The Morgan fingerprint density at radius 2 is 2.05 bits per heavy atom. The molecule has 22 heavy (non-hydrogen) atoms. The Labute approximate surface area is 132 Å². The maximum atomic E-state index is 13.3. The molecular formula is C17H14ClFN2O. The van der Waals surface area contributed by atoms with Crippen LogP contribution in [0.3, 0.4) is 0 Å². The summed E-state index contributed by atoms with van der Waals surface area (Å²) >= 11 is 6.07. The van der Waals surface area contributed by atoms with E-state index in [9.17, 15) is 9.18 Å². The largest absolute Gasteiger partial charge is 0.350 e. The third kappa shape index (κ3) is 2.70. The van der Waals surface area contributed by atoms with Crippen LogP contribution in [0.4, 0.5) is 4.39 Å². The van der Waals surface area contributed by atoms with Crippen molar-refractivity contribution in [3.05, 3.63) is 70.1 Å². The number of aryl methyl sites for hydroxylation is 1. The van der Waals surface area contributed by atoms with Gasteiger partial charge in [0.05, 0.1) is 0 Å². The third-order valence-electron chi connectivity index (χ3n) is 3.64. The first-order chi connectivity index (χ1) is 10.6. The first kappa shape index (κ1) is 14.6. The zero-order chi connectivity index (χ0) is 15.7. The average molecular weight is 317 g/mol. The molecule has 1 aromatic heterocycles. The standard InChI is InChI=1S/C17H14ClFN2O/c1-10-13-7-6-12(19)8-15(13)21-16(10)17(22)20-9-11-4-2-3-5-14(11)18/h2-8,21H,9H2,1H3,(H,20,22). The summed E-state index contributed by atoms with van der Waals surface area (Å²) in [6, 6.07) is 11.8. The first-order valence-electron chi connectivity index (χ1n) is 6.85. The second kappa shape index (κ2) is 5.81. The van der Waals surface area contributed by atoms with Crippen LogP contribution in [0.15, 0.2) is 42.5 Å². The van der Waals surface area contributed by atoms with Crippen molar-refractivity contribution in [1.29, 1.82) is 0 Å².